The van der Waals surface area contributed by atoms with Crippen molar-refractivity contribution >= 4 is 23.2 Å². The van der Waals surface area contributed by atoms with Crippen molar-refractivity contribution in [2.75, 3.05) is 20.1 Å². The number of likely N-dealkylation sites (N-methyl/N-ethyl adjacent to an activating group) is 1. The van der Waals surface area contributed by atoms with E-state index in [1.165, 1.54) is 12.0 Å². The van der Waals surface area contributed by atoms with Crippen molar-refractivity contribution in [1.29, 1.82) is 0 Å². The molecule has 4 heteroatoms. The quantitative estimate of drug-likeness (QED) is 0.917. The Balaban J connectivity index is 2.00. The first-order chi connectivity index (χ1) is 8.10. The minimum Gasteiger partial charge on any atom is -0.329 e. The Bertz CT molecular complexity index is 395. The third-order valence-corrected chi connectivity index (χ3v) is 4.29. The highest BCUT2D eigenvalue weighted by Gasteiger charge is 2.28. The summed E-state index contributed by atoms with van der Waals surface area (Å²) in [5, 5.41) is 1.27. The van der Waals surface area contributed by atoms with E-state index in [2.05, 4.69) is 18.0 Å². The number of halogens is 2. The SMILES string of the molecule is CN1C[C@H](Cc2ccc(Cl)c(Cl)c2)C[C@@H]1CN. The number of likely N-dealkylation sites (tertiary alicyclic amines) is 1. The Morgan fingerprint density at radius 1 is 1.35 bits per heavy atom. The average Bonchev–Trinajstić information content (AvgIpc) is 2.64. The lowest BCUT2D eigenvalue weighted by molar-refractivity contribution is 0.313. The highest BCUT2D eigenvalue weighted by atomic mass is 35.5. The van der Waals surface area contributed by atoms with E-state index >= 15 is 0 Å². The molecule has 1 aliphatic rings. The standard InChI is InChI=1S/C13H18Cl2N2/c1-17-8-10(5-11(17)7-16)4-9-2-3-12(14)13(15)6-9/h2-3,6,10-11H,4-5,7-8,16H2,1H3/t10-,11-/m1/s1. The van der Waals surface area contributed by atoms with Crippen molar-refractivity contribution in [2.45, 2.75) is 18.9 Å². The highest BCUT2D eigenvalue weighted by Crippen LogP contribution is 2.28. The monoisotopic (exact) mass is 272 g/mol. The van der Waals surface area contributed by atoms with Crippen LogP contribution in [0.5, 0.6) is 0 Å². The van der Waals surface area contributed by atoms with Gasteiger partial charge in [-0.2, -0.15) is 0 Å². The molecule has 0 saturated carbocycles. The second-order valence-corrected chi connectivity index (χ2v) is 5.70. The number of rotatable bonds is 3. The summed E-state index contributed by atoms with van der Waals surface area (Å²) < 4.78 is 0. The first kappa shape index (κ1) is 13.2. The van der Waals surface area contributed by atoms with Crippen LogP contribution < -0.4 is 5.73 Å². The fraction of sp³-hybridized carbons (Fsp3) is 0.538. The van der Waals surface area contributed by atoms with E-state index in [9.17, 15) is 0 Å². The molecule has 17 heavy (non-hydrogen) atoms. The van der Waals surface area contributed by atoms with Gasteiger partial charge in [-0.3, -0.25) is 0 Å². The molecule has 94 valence electrons. The van der Waals surface area contributed by atoms with E-state index in [1.807, 2.05) is 12.1 Å². The molecule has 0 unspecified atom stereocenters. The molecule has 0 amide bonds. The zero-order valence-electron chi connectivity index (χ0n) is 10.00. The Hall–Kier alpha value is -0.280. The van der Waals surface area contributed by atoms with Crippen molar-refractivity contribution in [3.8, 4) is 0 Å². The molecule has 0 radical (unpaired) electrons. The van der Waals surface area contributed by atoms with Crippen LogP contribution in [-0.2, 0) is 6.42 Å². The number of nitrogens with two attached hydrogens (primary N) is 1. The average molecular weight is 273 g/mol. The van der Waals surface area contributed by atoms with E-state index in [-0.39, 0.29) is 0 Å². The third-order valence-electron chi connectivity index (χ3n) is 3.56. The van der Waals surface area contributed by atoms with E-state index in [0.717, 1.165) is 19.5 Å². The molecule has 2 atom stereocenters. The van der Waals surface area contributed by atoms with Gasteiger partial charge < -0.3 is 10.6 Å². The van der Waals surface area contributed by atoms with Crippen molar-refractivity contribution in [3.63, 3.8) is 0 Å². The summed E-state index contributed by atoms with van der Waals surface area (Å²) in [4.78, 5) is 2.35. The molecule has 1 aromatic rings. The second-order valence-electron chi connectivity index (χ2n) is 4.88. The molecule has 1 aromatic carbocycles. The van der Waals surface area contributed by atoms with Crippen molar-refractivity contribution in [3.05, 3.63) is 33.8 Å². The topological polar surface area (TPSA) is 29.3 Å². The van der Waals surface area contributed by atoms with Crippen molar-refractivity contribution in [1.82, 2.24) is 4.90 Å². The summed E-state index contributed by atoms with van der Waals surface area (Å²) >= 11 is 11.9. The van der Waals surface area contributed by atoms with Gasteiger partial charge in [-0.1, -0.05) is 29.3 Å². The minimum absolute atomic E-state index is 0.530. The first-order valence-corrected chi connectivity index (χ1v) is 6.70. The molecule has 0 aliphatic carbocycles. The van der Waals surface area contributed by atoms with Gasteiger partial charge in [0.1, 0.15) is 0 Å². The normalized spacial score (nSPS) is 25.4. The van der Waals surface area contributed by atoms with Gasteiger partial charge in [-0.15, -0.1) is 0 Å². The fourth-order valence-corrected chi connectivity index (χ4v) is 2.94. The minimum atomic E-state index is 0.530. The predicted molar refractivity (Wildman–Crippen MR) is 73.7 cm³/mol. The van der Waals surface area contributed by atoms with Gasteiger partial charge in [-0.25, -0.2) is 0 Å². The lowest BCUT2D eigenvalue weighted by atomic mass is 9.97. The summed E-state index contributed by atoms with van der Waals surface area (Å²) in [6.45, 7) is 1.86. The molecule has 1 heterocycles. The van der Waals surface area contributed by atoms with E-state index in [0.29, 0.717) is 22.0 Å². The molecular weight excluding hydrogens is 255 g/mol. The van der Waals surface area contributed by atoms with Crippen LogP contribution in [0.2, 0.25) is 10.0 Å². The Morgan fingerprint density at radius 3 is 2.71 bits per heavy atom. The Kier molecular flexibility index (Phi) is 4.31. The molecule has 2 nitrogen and oxygen atoms in total. The van der Waals surface area contributed by atoms with E-state index in [4.69, 9.17) is 28.9 Å². The molecule has 0 spiro atoms. The molecule has 0 bridgehead atoms. The lowest BCUT2D eigenvalue weighted by Crippen LogP contribution is -2.31. The fourth-order valence-electron chi connectivity index (χ4n) is 2.62. The predicted octanol–water partition coefficient (Wildman–Crippen LogP) is 2.81. The van der Waals surface area contributed by atoms with Gasteiger partial charge in [0.05, 0.1) is 10.0 Å². The highest BCUT2D eigenvalue weighted by molar-refractivity contribution is 6.42. The second kappa shape index (κ2) is 5.57. The third kappa shape index (κ3) is 3.14. The molecule has 0 aromatic heterocycles. The first-order valence-electron chi connectivity index (χ1n) is 5.94. The van der Waals surface area contributed by atoms with Crippen molar-refractivity contribution < 1.29 is 0 Å². The van der Waals surface area contributed by atoms with Gasteiger partial charge >= 0.3 is 0 Å². The zero-order chi connectivity index (χ0) is 12.4. The van der Waals surface area contributed by atoms with Crippen LogP contribution in [0.25, 0.3) is 0 Å². The maximum atomic E-state index is 6.02. The molecule has 1 saturated heterocycles. The molecule has 1 aliphatic heterocycles. The van der Waals surface area contributed by atoms with Crippen LogP contribution in [0, 0.1) is 5.92 Å². The Morgan fingerprint density at radius 2 is 2.12 bits per heavy atom. The van der Waals surface area contributed by atoms with Crippen LogP contribution in [0.1, 0.15) is 12.0 Å². The summed E-state index contributed by atoms with van der Waals surface area (Å²) in [5.74, 6) is 0.672. The van der Waals surface area contributed by atoms with E-state index in [1.54, 1.807) is 0 Å². The Labute approximate surface area is 113 Å². The van der Waals surface area contributed by atoms with Gasteiger partial charge in [0.2, 0.25) is 0 Å². The number of nitrogens with zero attached hydrogens (tertiary/aromatic N) is 1. The number of hydrogen-bond donors (Lipinski definition) is 1. The van der Waals surface area contributed by atoms with E-state index < -0.39 is 0 Å². The van der Waals surface area contributed by atoms with Gasteiger partial charge in [0.15, 0.2) is 0 Å². The van der Waals surface area contributed by atoms with Gasteiger partial charge in [0, 0.05) is 19.1 Å². The van der Waals surface area contributed by atoms with Crippen LogP contribution in [0.15, 0.2) is 18.2 Å². The summed E-state index contributed by atoms with van der Waals surface area (Å²) in [6, 6.07) is 6.44. The van der Waals surface area contributed by atoms with Crippen LogP contribution >= 0.6 is 23.2 Å². The van der Waals surface area contributed by atoms with Crippen LogP contribution in [0.3, 0.4) is 0 Å². The molecule has 1 fully saturated rings. The van der Waals surface area contributed by atoms with Gasteiger partial charge in [-0.05, 0) is 43.5 Å². The maximum absolute atomic E-state index is 6.02. The number of benzene rings is 1. The van der Waals surface area contributed by atoms with Gasteiger partial charge in [0.25, 0.3) is 0 Å². The molecule has 2 rings (SSSR count). The van der Waals surface area contributed by atoms with Crippen LogP contribution in [-0.4, -0.2) is 31.1 Å². The largest absolute Gasteiger partial charge is 0.329 e. The maximum Gasteiger partial charge on any atom is 0.0595 e. The zero-order valence-corrected chi connectivity index (χ0v) is 11.5. The molecular formula is C13H18Cl2N2. The smallest absolute Gasteiger partial charge is 0.0595 e. The number of hydrogen-bond acceptors (Lipinski definition) is 2. The summed E-state index contributed by atoms with van der Waals surface area (Å²) in [6.07, 6.45) is 2.23. The summed E-state index contributed by atoms with van der Waals surface area (Å²) in [7, 11) is 2.15. The van der Waals surface area contributed by atoms with Crippen LogP contribution in [0.4, 0.5) is 0 Å². The van der Waals surface area contributed by atoms with Crippen molar-refractivity contribution in [2.24, 2.45) is 11.7 Å². The molecule has 2 N–H and O–H groups in total. The summed E-state index contributed by atoms with van der Waals surface area (Å²) in [5.41, 5.74) is 7.00. The lowest BCUT2D eigenvalue weighted by Gasteiger charge is -2.15.